The second-order valence-electron chi connectivity index (χ2n) is 13.3. The molecule has 34 heteroatoms. The molecule has 3 unspecified atom stereocenters. The van der Waals surface area contributed by atoms with Crippen molar-refractivity contribution in [1.82, 2.24) is 20.2 Å². The highest BCUT2D eigenvalue weighted by Gasteiger charge is 2.44. The number of H-pyrrole nitrogens is 1. The topological polar surface area (TPSA) is 412 Å². The van der Waals surface area contributed by atoms with Crippen molar-refractivity contribution in [2.45, 2.75) is 56.1 Å². The van der Waals surface area contributed by atoms with Crippen LogP contribution in [0.5, 0.6) is 0 Å². The van der Waals surface area contributed by atoms with Crippen LogP contribution < -0.4 is 27.6 Å². The number of phosphoric ester groups is 1. The van der Waals surface area contributed by atoms with Gasteiger partial charge in [0.15, 0.2) is 0 Å². The monoisotopic (exact) mass is 1030 g/mol. The number of carbonyl (C=O) groups excluding carboxylic acids is 2. The van der Waals surface area contributed by atoms with Gasteiger partial charge in [0.25, 0.3) is 5.56 Å². The van der Waals surface area contributed by atoms with Crippen molar-refractivity contribution < 1.29 is 89.2 Å². The summed E-state index contributed by atoms with van der Waals surface area (Å²) in [5, 5.41) is 8.23. The summed E-state index contributed by atoms with van der Waals surface area (Å²) in [6, 6.07) is -1.14. The number of rotatable bonds is 32. The summed E-state index contributed by atoms with van der Waals surface area (Å²) in [6.45, 7) is 4.94. The number of azide groups is 1. The Labute approximate surface area is 379 Å². The molecule has 370 valence electrons. The average Bonchev–Trinajstić information content (AvgIpc) is 3.60. The molecule has 0 aromatic carbocycles. The zero-order chi connectivity index (χ0) is 48.4. The molecular weight excluding hydrogens is 977 g/mol. The number of aromatic nitrogens is 2. The Morgan fingerprint density at radius 1 is 1.00 bits per heavy atom. The number of hydrogen-bond acceptors (Lipinski definition) is 21. The number of hydrogen-bond donors (Lipinski definition) is 8. The van der Waals surface area contributed by atoms with E-state index in [1.54, 1.807) is 10.8 Å². The van der Waals surface area contributed by atoms with Gasteiger partial charge in [-0.1, -0.05) is 38.5 Å². The zero-order valence-electron chi connectivity index (χ0n) is 35.1. The van der Waals surface area contributed by atoms with E-state index >= 15 is 0 Å². The fourth-order valence-corrected chi connectivity index (χ4v) is 10.2. The fourth-order valence-electron chi connectivity index (χ4n) is 4.86. The second-order valence-corrected chi connectivity index (χ2v) is 20.7. The van der Waals surface area contributed by atoms with E-state index in [2.05, 4.69) is 50.6 Å². The Kier molecular flexibility index (Phi) is 27.1. The van der Waals surface area contributed by atoms with Crippen LogP contribution in [0.15, 0.2) is 20.9 Å². The number of unbranched alkanes of at least 4 members (excludes halogenated alkanes) is 1. The molecule has 0 saturated carbocycles. The Hall–Kier alpha value is -3.04. The van der Waals surface area contributed by atoms with Gasteiger partial charge in [-0.3, -0.25) is 18.9 Å². The van der Waals surface area contributed by atoms with E-state index in [1.807, 2.05) is 13.8 Å². The summed E-state index contributed by atoms with van der Waals surface area (Å²) in [4.78, 5) is 90.5. The lowest BCUT2D eigenvalue weighted by atomic mass is 10.1. The van der Waals surface area contributed by atoms with E-state index < -0.39 is 78.5 Å². The van der Waals surface area contributed by atoms with Crippen molar-refractivity contribution in [1.29, 1.82) is 0 Å². The SMILES string of the molecule is CC(C)(CCOC(=O)NCCOCCOCCN)SSCOCCCCOC(=O)NCC#Cc1cn(C2CO[C@H](COP(=O)(O)OP(=O)(O)OP(=O)(O)O)[C@H]2OCN=[N+]=[N-])c(=O)[nH]c1=O. The molecule has 2 amide bonds. The molecule has 1 aromatic rings. The minimum atomic E-state index is -5.82. The highest BCUT2D eigenvalue weighted by Crippen LogP contribution is 2.66. The molecule has 1 aromatic heterocycles. The minimum Gasteiger partial charge on any atom is -0.450 e. The first-order valence-corrected chi connectivity index (χ1v) is 25.9. The smallest absolute Gasteiger partial charge is 0.450 e. The molecule has 5 atom stereocenters. The molecule has 2 rings (SSSR count). The Balaban J connectivity index is 1.73. The minimum absolute atomic E-state index is 0.0848. The number of amides is 2. The summed E-state index contributed by atoms with van der Waals surface area (Å²) >= 11 is 0. The Morgan fingerprint density at radius 2 is 1.69 bits per heavy atom. The number of nitrogens with one attached hydrogen (secondary N) is 3. The molecule has 9 N–H and O–H groups in total. The van der Waals surface area contributed by atoms with Crippen LogP contribution in [0.25, 0.3) is 10.4 Å². The van der Waals surface area contributed by atoms with E-state index in [0.717, 1.165) is 10.8 Å². The third-order valence-electron chi connectivity index (χ3n) is 7.72. The third-order valence-corrected chi connectivity index (χ3v) is 14.6. The van der Waals surface area contributed by atoms with E-state index in [0.29, 0.717) is 71.3 Å². The van der Waals surface area contributed by atoms with Crippen molar-refractivity contribution >= 4 is 57.2 Å². The predicted octanol–water partition coefficient (Wildman–Crippen LogP) is 1.57. The maximum absolute atomic E-state index is 12.8. The number of alkyl carbamates (subject to hydrolysis) is 2. The molecule has 0 aliphatic carbocycles. The van der Waals surface area contributed by atoms with Gasteiger partial charge in [0.1, 0.15) is 30.4 Å². The van der Waals surface area contributed by atoms with Crippen LogP contribution in [-0.2, 0) is 60.0 Å². The standard InChI is InChI=1S/C31H53N8O21P3S2/c1-31(2,7-13-55-30(43)35-10-15-52-17-16-51-14-8-32)65-64-22-53-11-3-4-12-54-29(42)34-9-5-6-23-18-39(28(41)37-27(23)40)24-19-56-25(26(24)57-21-36-38-33)20-58-62(47,48)60-63(49,50)59-61(44,45)46/h18,24-26H,3-4,7-17,19-22,32H2,1-2H3,(H,34,42)(H,35,43)(H,47,48)(H,49,50)(H,37,40,41)(H2,44,45,46)/t24?,25-,26+/m1/s1. The first kappa shape index (κ1) is 58.1. The molecule has 1 aliphatic rings. The summed E-state index contributed by atoms with van der Waals surface area (Å²) in [6.07, 6.45) is -1.25. The molecule has 2 heterocycles. The van der Waals surface area contributed by atoms with Crippen molar-refractivity contribution in [2.75, 3.05) is 91.8 Å². The third kappa shape index (κ3) is 26.2. The molecular formula is C31H53N8O21P3S2. The van der Waals surface area contributed by atoms with Crippen LogP contribution in [0.4, 0.5) is 9.59 Å². The van der Waals surface area contributed by atoms with E-state index in [9.17, 15) is 42.7 Å². The summed E-state index contributed by atoms with van der Waals surface area (Å²) in [5.74, 6) is 5.47. The number of nitrogens with two attached hydrogens (primary N) is 1. The molecule has 65 heavy (non-hydrogen) atoms. The van der Waals surface area contributed by atoms with Crippen LogP contribution in [0, 0.1) is 11.8 Å². The first-order chi connectivity index (χ1) is 30.7. The second kappa shape index (κ2) is 30.4. The highest BCUT2D eigenvalue weighted by molar-refractivity contribution is 8.77. The van der Waals surface area contributed by atoms with Crippen molar-refractivity contribution in [2.24, 2.45) is 10.8 Å². The molecule has 0 spiro atoms. The molecule has 1 fully saturated rings. The number of nitrogens with zero attached hydrogens (tertiary/aromatic N) is 4. The van der Waals surface area contributed by atoms with Crippen LogP contribution in [0.3, 0.4) is 0 Å². The van der Waals surface area contributed by atoms with Gasteiger partial charge >= 0.3 is 41.3 Å². The average molecular weight is 1030 g/mol. The number of carbonyl (C=O) groups is 2. The first-order valence-electron chi connectivity index (χ1n) is 19.1. The lowest BCUT2D eigenvalue weighted by Crippen LogP contribution is -2.40. The summed E-state index contributed by atoms with van der Waals surface area (Å²) in [5.41, 5.74) is 11.9. The van der Waals surface area contributed by atoms with Gasteiger partial charge in [-0.25, -0.2) is 28.1 Å². The van der Waals surface area contributed by atoms with Gasteiger partial charge in [0.2, 0.25) is 0 Å². The quantitative estimate of drug-likeness (QED) is 0.00742. The Morgan fingerprint density at radius 3 is 2.40 bits per heavy atom. The largest absolute Gasteiger partial charge is 0.490 e. The van der Waals surface area contributed by atoms with E-state index in [-0.39, 0.29) is 36.7 Å². The van der Waals surface area contributed by atoms with Gasteiger partial charge in [-0.05, 0) is 38.6 Å². The lowest BCUT2D eigenvalue weighted by Gasteiger charge is -2.24. The van der Waals surface area contributed by atoms with Crippen LogP contribution >= 0.6 is 45.1 Å². The number of aromatic amines is 1. The van der Waals surface area contributed by atoms with Gasteiger partial charge < -0.3 is 69.1 Å². The maximum Gasteiger partial charge on any atom is 0.490 e. The summed E-state index contributed by atoms with van der Waals surface area (Å²) < 4.78 is 84.9. The molecule has 0 radical (unpaired) electrons. The molecule has 1 aliphatic heterocycles. The van der Waals surface area contributed by atoms with Gasteiger partial charge in [0.05, 0.1) is 65.4 Å². The fraction of sp³-hybridized carbons (Fsp3) is 0.742. The molecule has 0 bridgehead atoms. The van der Waals surface area contributed by atoms with E-state index in [1.165, 1.54) is 10.8 Å². The van der Waals surface area contributed by atoms with Crippen molar-refractivity contribution in [3.05, 3.63) is 43.0 Å². The van der Waals surface area contributed by atoms with Gasteiger partial charge in [0, 0.05) is 35.6 Å². The number of ether oxygens (including phenoxy) is 7. The van der Waals surface area contributed by atoms with Gasteiger partial charge in [-0.15, -0.1) is 0 Å². The summed E-state index contributed by atoms with van der Waals surface area (Å²) in [7, 11) is -13.9. The lowest BCUT2D eigenvalue weighted by molar-refractivity contribution is -0.0361. The Bertz CT molecular complexity index is 2030. The predicted molar refractivity (Wildman–Crippen MR) is 229 cm³/mol. The normalized spacial score (nSPS) is 18.0. The highest BCUT2D eigenvalue weighted by atomic mass is 33.1. The van der Waals surface area contributed by atoms with Crippen LogP contribution in [-0.4, -0.2) is 150 Å². The van der Waals surface area contributed by atoms with Crippen molar-refractivity contribution in [3.63, 3.8) is 0 Å². The van der Waals surface area contributed by atoms with E-state index in [4.69, 9.17) is 54.2 Å². The molecule has 1 saturated heterocycles. The number of phosphoric acid groups is 3. The van der Waals surface area contributed by atoms with Crippen LogP contribution in [0.2, 0.25) is 0 Å². The van der Waals surface area contributed by atoms with Crippen LogP contribution in [0.1, 0.15) is 44.7 Å². The van der Waals surface area contributed by atoms with Gasteiger partial charge in [-0.2, -0.15) is 8.62 Å². The zero-order valence-corrected chi connectivity index (χ0v) is 39.4. The maximum atomic E-state index is 12.8. The molecule has 29 nitrogen and oxygen atoms in total. The van der Waals surface area contributed by atoms with Crippen molar-refractivity contribution in [3.8, 4) is 11.8 Å².